The van der Waals surface area contributed by atoms with E-state index in [4.69, 9.17) is 10.3 Å². The second-order valence-corrected chi connectivity index (χ2v) is 6.87. The molecule has 0 spiro atoms. The van der Waals surface area contributed by atoms with Gasteiger partial charge in [-0.25, -0.2) is 0 Å². The van der Waals surface area contributed by atoms with Crippen LogP contribution in [0.25, 0.3) is 0 Å². The van der Waals surface area contributed by atoms with Crippen molar-refractivity contribution < 1.29 is 40.4 Å². The van der Waals surface area contributed by atoms with Gasteiger partial charge in [-0.05, 0) is 12.1 Å². The average molecular weight is 384 g/mol. The topological polar surface area (TPSA) is 130 Å². The fraction of sp³-hybridized carbons (Fsp3) is 0.308. The highest BCUT2D eigenvalue weighted by molar-refractivity contribution is 7.85. The van der Waals surface area contributed by atoms with Crippen LogP contribution in [-0.4, -0.2) is 35.8 Å². The van der Waals surface area contributed by atoms with Gasteiger partial charge in [0.2, 0.25) is 0 Å². The van der Waals surface area contributed by atoms with Crippen LogP contribution in [-0.2, 0) is 14.9 Å². The van der Waals surface area contributed by atoms with E-state index in [2.05, 4.69) is 6.58 Å². The zero-order chi connectivity index (χ0) is 19.4. The number of phenolic OH excluding ortho intramolecular Hbond substituents is 1. The summed E-state index contributed by atoms with van der Waals surface area (Å²) in [6.07, 6.45) is -1.36. The highest BCUT2D eigenvalue weighted by Gasteiger charge is 2.72. The van der Waals surface area contributed by atoms with Gasteiger partial charge < -0.3 is 16.2 Å². The van der Waals surface area contributed by atoms with E-state index in [0.717, 1.165) is 0 Å². The maximum atomic E-state index is 13.6. The summed E-state index contributed by atoms with van der Waals surface area (Å²) in [5.41, 5.74) is 2.95. The molecule has 0 aliphatic heterocycles. The summed E-state index contributed by atoms with van der Waals surface area (Å²) in [5, 5.41) is 11.9. The third-order valence-electron chi connectivity index (χ3n) is 3.71. The molecule has 1 unspecified atom stereocenters. The number of anilines is 1. The number of hydrogen-bond donors (Lipinski definition) is 4. The van der Waals surface area contributed by atoms with Crippen molar-refractivity contribution >= 4 is 21.7 Å². The van der Waals surface area contributed by atoms with Crippen molar-refractivity contribution in [1.82, 2.24) is 0 Å². The van der Waals surface area contributed by atoms with Gasteiger partial charge in [0.25, 0.3) is 16.0 Å². The molecule has 0 radical (unpaired) electrons. The standard InChI is InChI=1S/C13H12F4N2O5S/c1-5(18)11(21)19-9-3-6(25(22,23)24)2-7(10(9)20)8-4-12(14,15)13(8,16)17/h2-3,8,20H,1,4,18H2,(H,19,21)(H,22,23,24). The molecule has 1 amide bonds. The Morgan fingerprint density at radius 3 is 2.28 bits per heavy atom. The predicted octanol–water partition coefficient (Wildman–Crippen LogP) is 1.81. The molecule has 1 aliphatic rings. The number of carbonyl (C=O) groups is 1. The van der Waals surface area contributed by atoms with Crippen molar-refractivity contribution in [2.75, 3.05) is 5.32 Å². The number of halogens is 4. The van der Waals surface area contributed by atoms with Crippen LogP contribution in [0.1, 0.15) is 17.9 Å². The van der Waals surface area contributed by atoms with E-state index in [1.165, 1.54) is 0 Å². The van der Waals surface area contributed by atoms with Crippen molar-refractivity contribution in [3.63, 3.8) is 0 Å². The monoisotopic (exact) mass is 384 g/mol. The van der Waals surface area contributed by atoms with E-state index in [9.17, 15) is 35.9 Å². The number of carbonyl (C=O) groups excluding carboxylic acids is 1. The van der Waals surface area contributed by atoms with Crippen molar-refractivity contribution in [3.05, 3.63) is 30.0 Å². The zero-order valence-corrected chi connectivity index (χ0v) is 13.1. The van der Waals surface area contributed by atoms with E-state index in [-0.39, 0.29) is 0 Å². The van der Waals surface area contributed by atoms with Gasteiger partial charge in [-0.1, -0.05) is 6.58 Å². The van der Waals surface area contributed by atoms with Crippen molar-refractivity contribution in [3.8, 4) is 5.75 Å². The number of hydrogen-bond acceptors (Lipinski definition) is 5. The Hall–Kier alpha value is -2.34. The van der Waals surface area contributed by atoms with Gasteiger partial charge in [0.1, 0.15) is 5.75 Å². The maximum Gasteiger partial charge on any atom is 0.317 e. The number of benzene rings is 1. The SMILES string of the molecule is C=C(N)C(=O)Nc1cc(S(=O)(=O)O)cc(C2CC(F)(F)C2(F)F)c1O. The molecule has 0 bridgehead atoms. The Bertz CT molecular complexity index is 869. The van der Waals surface area contributed by atoms with Gasteiger partial charge in [0.15, 0.2) is 0 Å². The quantitative estimate of drug-likeness (QED) is 0.271. The molecule has 5 N–H and O–H groups in total. The molecule has 25 heavy (non-hydrogen) atoms. The molecule has 1 aromatic rings. The van der Waals surface area contributed by atoms with Crippen LogP contribution in [0.3, 0.4) is 0 Å². The maximum absolute atomic E-state index is 13.6. The number of alkyl halides is 4. The number of phenols is 1. The molecule has 0 heterocycles. The van der Waals surface area contributed by atoms with E-state index < -0.39 is 67.8 Å². The Kier molecular flexibility index (Phi) is 4.25. The van der Waals surface area contributed by atoms with Crippen LogP contribution in [0.5, 0.6) is 5.75 Å². The fourth-order valence-corrected chi connectivity index (χ4v) is 2.83. The number of nitrogens with two attached hydrogens (primary N) is 1. The lowest BCUT2D eigenvalue weighted by Crippen LogP contribution is -2.57. The van der Waals surface area contributed by atoms with Gasteiger partial charge in [-0.3, -0.25) is 9.35 Å². The van der Waals surface area contributed by atoms with Crippen molar-refractivity contribution in [2.24, 2.45) is 5.73 Å². The summed E-state index contributed by atoms with van der Waals surface area (Å²) in [5.74, 6) is -13.3. The number of aromatic hydroxyl groups is 1. The lowest BCUT2D eigenvalue weighted by atomic mass is 9.72. The molecule has 2 rings (SSSR count). The Balaban J connectivity index is 2.61. The molecule has 0 aromatic heterocycles. The molecule has 1 aromatic carbocycles. The first-order chi connectivity index (χ1) is 11.2. The van der Waals surface area contributed by atoms with E-state index in [1.807, 2.05) is 5.32 Å². The Morgan fingerprint density at radius 1 is 1.32 bits per heavy atom. The Morgan fingerprint density at radius 2 is 1.88 bits per heavy atom. The predicted molar refractivity (Wildman–Crippen MR) is 77.1 cm³/mol. The number of rotatable bonds is 4. The minimum Gasteiger partial charge on any atom is -0.505 e. The number of nitrogens with one attached hydrogen (secondary N) is 1. The first-order valence-corrected chi connectivity index (χ1v) is 7.98. The van der Waals surface area contributed by atoms with Crippen LogP contribution >= 0.6 is 0 Å². The van der Waals surface area contributed by atoms with Gasteiger partial charge in [-0.2, -0.15) is 26.0 Å². The minimum absolute atomic E-state index is 0.436. The molecule has 1 aliphatic carbocycles. The second kappa shape index (κ2) is 5.59. The summed E-state index contributed by atoms with van der Waals surface area (Å²) in [4.78, 5) is 10.5. The van der Waals surface area contributed by atoms with E-state index in [1.54, 1.807) is 0 Å². The molecule has 1 saturated carbocycles. The van der Waals surface area contributed by atoms with Crippen LogP contribution in [0, 0.1) is 0 Å². The van der Waals surface area contributed by atoms with E-state index >= 15 is 0 Å². The van der Waals surface area contributed by atoms with E-state index in [0.29, 0.717) is 12.1 Å². The van der Waals surface area contributed by atoms with Gasteiger partial charge in [0, 0.05) is 12.0 Å². The van der Waals surface area contributed by atoms with Gasteiger partial charge in [-0.15, -0.1) is 0 Å². The normalized spacial score (nSPS) is 21.2. The molecular formula is C13H12F4N2O5S. The lowest BCUT2D eigenvalue weighted by Gasteiger charge is -2.44. The molecule has 0 saturated heterocycles. The zero-order valence-electron chi connectivity index (χ0n) is 12.3. The summed E-state index contributed by atoms with van der Waals surface area (Å²) < 4.78 is 84.9. The molecular weight excluding hydrogens is 372 g/mol. The molecule has 12 heteroatoms. The first kappa shape index (κ1) is 19.0. The Labute approximate surface area is 138 Å². The fourth-order valence-electron chi connectivity index (χ4n) is 2.29. The van der Waals surface area contributed by atoms with Crippen LogP contribution in [0.15, 0.2) is 29.3 Å². The largest absolute Gasteiger partial charge is 0.505 e. The second-order valence-electron chi connectivity index (χ2n) is 5.45. The van der Waals surface area contributed by atoms with Crippen molar-refractivity contribution in [1.29, 1.82) is 0 Å². The highest BCUT2D eigenvalue weighted by Crippen LogP contribution is 2.61. The molecule has 138 valence electrons. The van der Waals surface area contributed by atoms with Crippen molar-refractivity contribution in [2.45, 2.75) is 29.1 Å². The summed E-state index contributed by atoms with van der Waals surface area (Å²) in [6.45, 7) is 3.08. The van der Waals surface area contributed by atoms with Crippen LogP contribution < -0.4 is 11.1 Å². The number of amides is 1. The van der Waals surface area contributed by atoms with Crippen LogP contribution in [0.4, 0.5) is 23.2 Å². The molecule has 1 fully saturated rings. The highest BCUT2D eigenvalue weighted by atomic mass is 32.2. The third kappa shape index (κ3) is 3.14. The smallest absolute Gasteiger partial charge is 0.317 e. The lowest BCUT2D eigenvalue weighted by molar-refractivity contribution is -0.291. The van der Waals surface area contributed by atoms with Gasteiger partial charge in [0.05, 0.1) is 22.2 Å². The molecule has 1 atom stereocenters. The average Bonchev–Trinajstić information content (AvgIpc) is 2.45. The molecule has 7 nitrogen and oxygen atoms in total. The minimum atomic E-state index is -4.95. The van der Waals surface area contributed by atoms with Crippen LogP contribution in [0.2, 0.25) is 0 Å². The first-order valence-electron chi connectivity index (χ1n) is 6.54. The summed E-state index contributed by atoms with van der Waals surface area (Å²) >= 11 is 0. The third-order valence-corrected chi connectivity index (χ3v) is 4.54. The summed E-state index contributed by atoms with van der Waals surface area (Å²) in [7, 11) is -4.95. The van der Waals surface area contributed by atoms with Gasteiger partial charge >= 0.3 is 11.8 Å². The summed E-state index contributed by atoms with van der Waals surface area (Å²) in [6, 6.07) is 0.995.